The van der Waals surface area contributed by atoms with E-state index in [9.17, 15) is 4.79 Å². The van der Waals surface area contributed by atoms with Crippen LogP contribution in [0.15, 0.2) is 11.4 Å². The van der Waals surface area contributed by atoms with Gasteiger partial charge in [-0.3, -0.25) is 4.79 Å². The maximum Gasteiger partial charge on any atom is 0.252 e. The van der Waals surface area contributed by atoms with Gasteiger partial charge in [0.1, 0.15) is 0 Å². The number of carbonyl (C=O) groups is 1. The van der Waals surface area contributed by atoms with Crippen LogP contribution < -0.4 is 10.6 Å². The Morgan fingerprint density at radius 2 is 2.27 bits per heavy atom. The summed E-state index contributed by atoms with van der Waals surface area (Å²) in [4.78, 5) is 11.8. The molecule has 1 amide bonds. The van der Waals surface area contributed by atoms with E-state index in [0.29, 0.717) is 17.9 Å². The molecule has 80 valence electrons. The van der Waals surface area contributed by atoms with E-state index < -0.39 is 0 Å². The van der Waals surface area contributed by atoms with E-state index in [-0.39, 0.29) is 5.91 Å². The minimum Gasteiger partial charge on any atom is -0.349 e. The van der Waals surface area contributed by atoms with Crippen LogP contribution in [0.1, 0.15) is 10.4 Å². The summed E-state index contributed by atoms with van der Waals surface area (Å²) in [7, 11) is 0. The fourth-order valence-corrected chi connectivity index (χ4v) is 3.62. The summed E-state index contributed by atoms with van der Waals surface area (Å²) in [6, 6.07) is 2.37. The van der Waals surface area contributed by atoms with E-state index in [1.54, 1.807) is 11.3 Å². The zero-order valence-electron chi connectivity index (χ0n) is 8.00. The molecule has 0 aromatic carbocycles. The molecular formula is C10H11IN2OS. The Morgan fingerprint density at radius 1 is 1.53 bits per heavy atom. The standard InChI is InChI=1S/C10H11IN2OS/c11-8-1-5(4-15-8)10(14)13-9-6-2-12-3-7(6)9/h1,4,6-7,9,12H,2-3H2,(H,13,14). The zero-order valence-corrected chi connectivity index (χ0v) is 11.0. The number of nitrogens with one attached hydrogen (secondary N) is 2. The highest BCUT2D eigenvalue weighted by atomic mass is 127. The number of carbonyl (C=O) groups excluding carboxylic acids is 1. The second kappa shape index (κ2) is 3.71. The Morgan fingerprint density at radius 3 is 2.87 bits per heavy atom. The molecule has 0 radical (unpaired) electrons. The smallest absolute Gasteiger partial charge is 0.252 e. The van der Waals surface area contributed by atoms with Crippen molar-refractivity contribution >= 4 is 39.8 Å². The molecule has 1 saturated heterocycles. The lowest BCUT2D eigenvalue weighted by Crippen LogP contribution is -2.32. The van der Waals surface area contributed by atoms with Crippen LogP contribution in [-0.2, 0) is 0 Å². The predicted octanol–water partition coefficient (Wildman–Crippen LogP) is 1.30. The SMILES string of the molecule is O=C(NC1C2CNCC21)c1csc(I)c1. The van der Waals surface area contributed by atoms with Crippen LogP contribution >= 0.6 is 33.9 Å². The molecule has 1 aliphatic carbocycles. The predicted molar refractivity (Wildman–Crippen MR) is 68.1 cm³/mol. The lowest BCUT2D eigenvalue weighted by Gasteiger charge is -2.06. The number of fused-ring (bicyclic) bond motifs is 1. The molecule has 15 heavy (non-hydrogen) atoms. The van der Waals surface area contributed by atoms with Crippen LogP contribution in [0.2, 0.25) is 0 Å². The average molecular weight is 334 g/mol. The summed E-state index contributed by atoms with van der Waals surface area (Å²) < 4.78 is 1.16. The van der Waals surface area contributed by atoms with Gasteiger partial charge in [-0.15, -0.1) is 11.3 Å². The van der Waals surface area contributed by atoms with Crippen LogP contribution in [0.3, 0.4) is 0 Å². The lowest BCUT2D eigenvalue weighted by molar-refractivity contribution is 0.0947. The Balaban J connectivity index is 1.62. The molecule has 1 aliphatic heterocycles. The number of hydrogen-bond acceptors (Lipinski definition) is 3. The summed E-state index contributed by atoms with van der Waals surface area (Å²) >= 11 is 3.85. The first-order chi connectivity index (χ1) is 7.25. The molecule has 2 N–H and O–H groups in total. The van der Waals surface area contributed by atoms with Gasteiger partial charge in [0.25, 0.3) is 5.91 Å². The van der Waals surface area contributed by atoms with Crippen LogP contribution in [-0.4, -0.2) is 25.0 Å². The number of rotatable bonds is 2. The number of piperidine rings is 1. The van der Waals surface area contributed by atoms with Crippen molar-refractivity contribution in [1.82, 2.24) is 10.6 Å². The number of hydrogen-bond donors (Lipinski definition) is 2. The molecule has 0 bridgehead atoms. The highest BCUT2D eigenvalue weighted by Gasteiger charge is 2.53. The van der Waals surface area contributed by atoms with Crippen LogP contribution in [0, 0.1) is 14.7 Å². The van der Waals surface area contributed by atoms with Gasteiger partial charge in [-0.2, -0.15) is 0 Å². The molecule has 2 unspecified atom stereocenters. The first-order valence-corrected chi connectivity index (χ1v) is 6.97. The fourth-order valence-electron chi connectivity index (χ4n) is 2.30. The molecule has 3 nitrogen and oxygen atoms in total. The molecule has 5 heteroatoms. The minimum absolute atomic E-state index is 0.0913. The van der Waals surface area contributed by atoms with Gasteiger partial charge in [-0.1, -0.05) is 0 Å². The molecule has 1 aromatic rings. The Labute approximate surface area is 106 Å². The van der Waals surface area contributed by atoms with E-state index in [2.05, 4.69) is 33.2 Å². The fraction of sp³-hybridized carbons (Fsp3) is 0.500. The van der Waals surface area contributed by atoms with Gasteiger partial charge in [-0.05, 0) is 40.5 Å². The molecule has 3 rings (SSSR count). The van der Waals surface area contributed by atoms with Crippen molar-refractivity contribution in [2.45, 2.75) is 6.04 Å². The molecule has 2 fully saturated rings. The average Bonchev–Trinajstić information content (AvgIpc) is 2.66. The van der Waals surface area contributed by atoms with Crippen LogP contribution in [0.25, 0.3) is 0 Å². The van der Waals surface area contributed by atoms with Crippen molar-refractivity contribution in [3.05, 3.63) is 19.9 Å². The van der Waals surface area contributed by atoms with Crippen molar-refractivity contribution in [3.8, 4) is 0 Å². The quantitative estimate of drug-likeness (QED) is 0.801. The monoisotopic (exact) mass is 334 g/mol. The topological polar surface area (TPSA) is 41.1 Å². The van der Waals surface area contributed by atoms with Crippen LogP contribution in [0.5, 0.6) is 0 Å². The van der Waals surface area contributed by atoms with Crippen molar-refractivity contribution in [2.75, 3.05) is 13.1 Å². The molecule has 1 aromatic heterocycles. The van der Waals surface area contributed by atoms with Gasteiger partial charge in [0.2, 0.25) is 0 Å². The molecule has 2 heterocycles. The summed E-state index contributed by atoms with van der Waals surface area (Å²) in [5.74, 6) is 1.46. The largest absolute Gasteiger partial charge is 0.349 e. The second-order valence-electron chi connectivity index (χ2n) is 4.12. The lowest BCUT2D eigenvalue weighted by atomic mass is 10.3. The maximum absolute atomic E-state index is 11.8. The van der Waals surface area contributed by atoms with Gasteiger partial charge in [0.15, 0.2) is 0 Å². The van der Waals surface area contributed by atoms with Crippen molar-refractivity contribution in [1.29, 1.82) is 0 Å². The normalized spacial score (nSPS) is 32.5. The number of thiophene rings is 1. The first-order valence-electron chi connectivity index (χ1n) is 5.01. The van der Waals surface area contributed by atoms with Gasteiger partial charge in [-0.25, -0.2) is 0 Å². The van der Waals surface area contributed by atoms with E-state index in [1.807, 2.05) is 11.4 Å². The van der Waals surface area contributed by atoms with Crippen molar-refractivity contribution in [2.24, 2.45) is 11.8 Å². The third kappa shape index (κ3) is 1.81. The van der Waals surface area contributed by atoms with E-state index in [1.165, 1.54) is 0 Å². The van der Waals surface area contributed by atoms with Gasteiger partial charge >= 0.3 is 0 Å². The van der Waals surface area contributed by atoms with Gasteiger partial charge < -0.3 is 10.6 Å². The van der Waals surface area contributed by atoms with Gasteiger partial charge in [0, 0.05) is 24.5 Å². The van der Waals surface area contributed by atoms with E-state index in [4.69, 9.17) is 0 Å². The highest BCUT2D eigenvalue weighted by molar-refractivity contribution is 14.1. The minimum atomic E-state index is 0.0913. The van der Waals surface area contributed by atoms with E-state index in [0.717, 1.165) is 21.5 Å². The summed E-state index contributed by atoms with van der Waals surface area (Å²) in [6.45, 7) is 2.13. The van der Waals surface area contributed by atoms with Crippen molar-refractivity contribution < 1.29 is 4.79 Å². The Kier molecular flexibility index (Phi) is 2.48. The summed E-state index contributed by atoms with van der Waals surface area (Å²) in [5, 5.41) is 8.35. The van der Waals surface area contributed by atoms with Gasteiger partial charge in [0.05, 0.1) is 8.45 Å². The molecule has 2 aliphatic rings. The maximum atomic E-state index is 11.8. The third-order valence-electron chi connectivity index (χ3n) is 3.22. The third-order valence-corrected chi connectivity index (χ3v) is 5.01. The molecule has 1 saturated carbocycles. The highest BCUT2D eigenvalue weighted by Crippen LogP contribution is 2.41. The van der Waals surface area contributed by atoms with Crippen LogP contribution in [0.4, 0.5) is 0 Å². The van der Waals surface area contributed by atoms with E-state index >= 15 is 0 Å². The van der Waals surface area contributed by atoms with Crippen molar-refractivity contribution in [3.63, 3.8) is 0 Å². The Hall–Kier alpha value is -0.140. The Bertz CT molecular complexity index is 396. The second-order valence-corrected chi connectivity index (χ2v) is 6.93. The zero-order chi connectivity index (χ0) is 10.4. The number of halogens is 1. The summed E-state index contributed by atoms with van der Waals surface area (Å²) in [6.07, 6.45) is 0. The molecule has 2 atom stereocenters. The first kappa shape index (κ1) is 10.0. The number of amides is 1. The molecular weight excluding hydrogens is 323 g/mol. The molecule has 0 spiro atoms. The summed E-state index contributed by atoms with van der Waals surface area (Å²) in [5.41, 5.74) is 0.808.